The van der Waals surface area contributed by atoms with Crippen molar-refractivity contribution < 1.29 is 9.53 Å². The standard InChI is InChI=1S/C25H25N5O2S/c1-18-17-33-25(26-18)29-14-12-28(13-15-29)24(31)22-16-23(19-8-10-21(32-2)11-9-19)30(27-22)20-6-4-3-5-7-20/h3-11,16-17H,12-15H2,1-2H3. The molecule has 1 saturated heterocycles. The number of hydrogen-bond acceptors (Lipinski definition) is 6. The van der Waals surface area contributed by atoms with Crippen molar-refractivity contribution in [3.63, 3.8) is 0 Å². The molecule has 3 heterocycles. The summed E-state index contributed by atoms with van der Waals surface area (Å²) in [7, 11) is 1.65. The Hall–Kier alpha value is -3.65. The second-order valence-corrected chi connectivity index (χ2v) is 8.78. The van der Waals surface area contributed by atoms with Crippen LogP contribution in [-0.4, -0.2) is 58.9 Å². The number of para-hydroxylation sites is 1. The number of hydrogen-bond donors (Lipinski definition) is 0. The van der Waals surface area contributed by atoms with E-state index in [0.29, 0.717) is 18.8 Å². The highest BCUT2D eigenvalue weighted by atomic mass is 32.1. The second-order valence-electron chi connectivity index (χ2n) is 7.94. The topological polar surface area (TPSA) is 63.5 Å². The monoisotopic (exact) mass is 459 g/mol. The Morgan fingerprint density at radius 1 is 1.00 bits per heavy atom. The fourth-order valence-electron chi connectivity index (χ4n) is 3.97. The van der Waals surface area contributed by atoms with E-state index < -0.39 is 0 Å². The van der Waals surface area contributed by atoms with Gasteiger partial charge in [-0.15, -0.1) is 11.3 Å². The number of methoxy groups -OCH3 is 1. The summed E-state index contributed by atoms with van der Waals surface area (Å²) in [5, 5.41) is 7.81. The van der Waals surface area contributed by atoms with E-state index in [9.17, 15) is 4.79 Å². The molecule has 2 aromatic heterocycles. The predicted molar refractivity (Wildman–Crippen MR) is 131 cm³/mol. The average molecular weight is 460 g/mol. The lowest BCUT2D eigenvalue weighted by molar-refractivity contribution is 0.0740. The summed E-state index contributed by atoms with van der Waals surface area (Å²) in [6, 6.07) is 19.6. The van der Waals surface area contributed by atoms with Crippen LogP contribution in [0.1, 0.15) is 16.2 Å². The number of aryl methyl sites for hydroxylation is 1. The molecule has 0 aliphatic carbocycles. The third-order valence-electron chi connectivity index (χ3n) is 5.76. The van der Waals surface area contributed by atoms with Crippen LogP contribution in [0.2, 0.25) is 0 Å². The molecule has 8 heteroatoms. The van der Waals surface area contributed by atoms with Crippen LogP contribution in [0.4, 0.5) is 5.13 Å². The Labute approximate surface area is 196 Å². The zero-order chi connectivity index (χ0) is 22.8. The lowest BCUT2D eigenvalue weighted by Gasteiger charge is -2.34. The maximum atomic E-state index is 13.4. The Kier molecular flexibility index (Phi) is 5.83. The van der Waals surface area contributed by atoms with E-state index in [-0.39, 0.29) is 5.91 Å². The second kappa shape index (κ2) is 9.07. The van der Waals surface area contributed by atoms with Crippen molar-refractivity contribution in [1.29, 1.82) is 0 Å². The molecule has 7 nitrogen and oxygen atoms in total. The highest BCUT2D eigenvalue weighted by molar-refractivity contribution is 7.13. The van der Waals surface area contributed by atoms with Crippen molar-refractivity contribution >= 4 is 22.4 Å². The molecule has 0 radical (unpaired) electrons. The minimum Gasteiger partial charge on any atom is -0.497 e. The molecule has 2 aromatic carbocycles. The van der Waals surface area contributed by atoms with Gasteiger partial charge in [0.25, 0.3) is 5.91 Å². The molecule has 0 saturated carbocycles. The molecule has 0 bridgehead atoms. The van der Waals surface area contributed by atoms with Gasteiger partial charge in [0, 0.05) is 37.1 Å². The van der Waals surface area contributed by atoms with E-state index in [2.05, 4.69) is 15.3 Å². The van der Waals surface area contributed by atoms with Gasteiger partial charge < -0.3 is 14.5 Å². The van der Waals surface area contributed by atoms with E-state index >= 15 is 0 Å². The van der Waals surface area contributed by atoms with Gasteiger partial charge in [0.05, 0.1) is 24.2 Å². The molecule has 33 heavy (non-hydrogen) atoms. The normalized spacial score (nSPS) is 13.9. The van der Waals surface area contributed by atoms with Crippen molar-refractivity contribution in [2.75, 3.05) is 38.2 Å². The third-order valence-corrected chi connectivity index (χ3v) is 6.78. The molecule has 0 N–H and O–H groups in total. The van der Waals surface area contributed by atoms with Gasteiger partial charge in [-0.3, -0.25) is 4.79 Å². The van der Waals surface area contributed by atoms with Gasteiger partial charge in [-0.2, -0.15) is 5.10 Å². The first kappa shape index (κ1) is 21.2. The molecule has 5 rings (SSSR count). The first-order valence-electron chi connectivity index (χ1n) is 10.9. The molecule has 1 amide bonds. The third kappa shape index (κ3) is 4.34. The van der Waals surface area contributed by atoms with Crippen LogP contribution in [0.5, 0.6) is 5.75 Å². The Morgan fingerprint density at radius 3 is 2.36 bits per heavy atom. The van der Waals surface area contributed by atoms with Crippen LogP contribution in [0.15, 0.2) is 66.0 Å². The van der Waals surface area contributed by atoms with Crippen LogP contribution in [-0.2, 0) is 0 Å². The van der Waals surface area contributed by atoms with Gasteiger partial charge >= 0.3 is 0 Å². The lowest BCUT2D eigenvalue weighted by atomic mass is 10.1. The lowest BCUT2D eigenvalue weighted by Crippen LogP contribution is -2.48. The minimum absolute atomic E-state index is 0.0468. The number of piperazine rings is 1. The SMILES string of the molecule is COc1ccc(-c2cc(C(=O)N3CCN(c4nc(C)cs4)CC3)nn2-c2ccccc2)cc1. The molecule has 0 atom stereocenters. The Morgan fingerprint density at radius 2 is 1.73 bits per heavy atom. The number of anilines is 1. The number of nitrogens with zero attached hydrogens (tertiary/aromatic N) is 5. The smallest absolute Gasteiger partial charge is 0.274 e. The van der Waals surface area contributed by atoms with Crippen LogP contribution < -0.4 is 9.64 Å². The number of amides is 1. The van der Waals surface area contributed by atoms with Crippen molar-refractivity contribution in [2.24, 2.45) is 0 Å². The van der Waals surface area contributed by atoms with Crippen molar-refractivity contribution in [3.8, 4) is 22.7 Å². The Balaban J connectivity index is 1.41. The zero-order valence-electron chi connectivity index (χ0n) is 18.6. The molecule has 1 fully saturated rings. The van der Waals surface area contributed by atoms with E-state index in [4.69, 9.17) is 9.84 Å². The molecule has 1 aliphatic rings. The van der Waals surface area contributed by atoms with Crippen molar-refractivity contribution in [1.82, 2.24) is 19.7 Å². The van der Waals surface area contributed by atoms with Gasteiger partial charge in [0.1, 0.15) is 5.75 Å². The molecule has 168 valence electrons. The summed E-state index contributed by atoms with van der Waals surface area (Å²) in [6.07, 6.45) is 0. The number of aromatic nitrogens is 3. The quantitative estimate of drug-likeness (QED) is 0.446. The van der Waals surface area contributed by atoms with Crippen LogP contribution in [0.3, 0.4) is 0 Å². The largest absolute Gasteiger partial charge is 0.497 e. The molecule has 1 aliphatic heterocycles. The van der Waals surface area contributed by atoms with Gasteiger partial charge in [-0.25, -0.2) is 9.67 Å². The summed E-state index contributed by atoms with van der Waals surface area (Å²) < 4.78 is 7.13. The number of thiazole rings is 1. The number of carbonyl (C=O) groups is 1. The summed E-state index contributed by atoms with van der Waals surface area (Å²) in [6.45, 7) is 4.83. The maximum absolute atomic E-state index is 13.4. The first-order chi connectivity index (χ1) is 16.1. The molecule has 0 unspecified atom stereocenters. The molecule has 0 spiro atoms. The van der Waals surface area contributed by atoms with Crippen LogP contribution in [0.25, 0.3) is 16.9 Å². The minimum atomic E-state index is -0.0468. The van der Waals surface area contributed by atoms with Crippen LogP contribution in [0, 0.1) is 6.92 Å². The first-order valence-corrected chi connectivity index (χ1v) is 11.8. The van der Waals surface area contributed by atoms with Gasteiger partial charge in [-0.05, 0) is 49.4 Å². The van der Waals surface area contributed by atoms with E-state index in [1.807, 2.05) is 77.2 Å². The summed E-state index contributed by atoms with van der Waals surface area (Å²) in [4.78, 5) is 22.1. The average Bonchev–Trinajstić information content (AvgIpc) is 3.51. The van der Waals surface area contributed by atoms with E-state index in [1.165, 1.54) is 0 Å². The van der Waals surface area contributed by atoms with Gasteiger partial charge in [0.15, 0.2) is 10.8 Å². The number of carbonyl (C=O) groups excluding carboxylic acids is 1. The predicted octanol–water partition coefficient (Wildman–Crippen LogP) is 4.28. The molecular weight excluding hydrogens is 434 g/mol. The number of rotatable bonds is 5. The Bertz CT molecular complexity index is 1240. The van der Waals surface area contributed by atoms with Crippen LogP contribution >= 0.6 is 11.3 Å². The summed E-state index contributed by atoms with van der Waals surface area (Å²) in [5.74, 6) is 0.739. The number of benzene rings is 2. The van der Waals surface area contributed by atoms with Gasteiger partial charge in [-0.1, -0.05) is 18.2 Å². The highest BCUT2D eigenvalue weighted by Crippen LogP contribution is 2.27. The zero-order valence-corrected chi connectivity index (χ0v) is 19.5. The molecule has 4 aromatic rings. The maximum Gasteiger partial charge on any atom is 0.274 e. The highest BCUT2D eigenvalue weighted by Gasteiger charge is 2.26. The van der Waals surface area contributed by atoms with E-state index in [1.54, 1.807) is 18.4 Å². The van der Waals surface area contributed by atoms with Crippen molar-refractivity contribution in [3.05, 3.63) is 77.4 Å². The summed E-state index contributed by atoms with van der Waals surface area (Å²) >= 11 is 1.65. The molecular formula is C25H25N5O2S. The van der Waals surface area contributed by atoms with Gasteiger partial charge in [0.2, 0.25) is 0 Å². The van der Waals surface area contributed by atoms with E-state index in [0.717, 1.165) is 46.6 Å². The fraction of sp³-hybridized carbons (Fsp3) is 0.240. The number of ether oxygens (including phenoxy) is 1. The van der Waals surface area contributed by atoms with Crippen molar-refractivity contribution in [2.45, 2.75) is 6.92 Å². The summed E-state index contributed by atoms with van der Waals surface area (Å²) in [5.41, 5.74) is 4.22. The fourth-order valence-corrected chi connectivity index (χ4v) is 4.83.